The molecule has 0 atom stereocenters. The summed E-state index contributed by atoms with van der Waals surface area (Å²) >= 11 is 3.40. The molecule has 3 rings (SSSR count). The van der Waals surface area contributed by atoms with Crippen LogP contribution in [0.25, 0.3) is 23.0 Å². The molecule has 0 saturated heterocycles. The van der Waals surface area contributed by atoms with E-state index in [1.807, 2.05) is 18.2 Å². The van der Waals surface area contributed by atoms with E-state index in [9.17, 15) is 10.1 Å². The lowest BCUT2D eigenvalue weighted by molar-refractivity contribution is -0.114. The van der Waals surface area contributed by atoms with Gasteiger partial charge in [-0.3, -0.25) is 4.79 Å². The molecule has 2 aromatic carbocycles. The Kier molecular flexibility index (Phi) is 2.42. The van der Waals surface area contributed by atoms with Gasteiger partial charge >= 0.3 is 0 Å². The van der Waals surface area contributed by atoms with E-state index in [0.717, 1.165) is 25.7 Å². The minimum Gasteiger partial charge on any atom is -0.267 e. The van der Waals surface area contributed by atoms with Crippen molar-refractivity contribution < 1.29 is 4.79 Å². The number of amides is 1. The predicted molar refractivity (Wildman–Crippen MR) is 71.7 cm³/mol. The maximum absolute atomic E-state index is 11.3. The third-order valence-corrected chi connectivity index (χ3v) is 3.39. The van der Waals surface area contributed by atoms with Crippen molar-refractivity contribution in [1.29, 1.82) is 5.26 Å². The van der Waals surface area contributed by atoms with Gasteiger partial charge in [-0.15, -0.1) is 0 Å². The van der Waals surface area contributed by atoms with Gasteiger partial charge in [0.2, 0.25) is 0 Å². The maximum Gasteiger partial charge on any atom is 0.270 e. The number of nitriles is 1. The van der Waals surface area contributed by atoms with Crippen LogP contribution in [-0.2, 0) is 4.79 Å². The van der Waals surface area contributed by atoms with Crippen molar-refractivity contribution in [3.05, 3.63) is 44.7 Å². The molecule has 0 unspecified atom stereocenters. The Balaban J connectivity index is 2.59. The molecule has 0 spiro atoms. The molecule has 1 amide bonds. The zero-order valence-electron chi connectivity index (χ0n) is 9.14. The van der Waals surface area contributed by atoms with E-state index in [1.165, 1.54) is 6.08 Å². The fraction of sp³-hybridized carbons (Fsp3) is 0. The zero-order chi connectivity index (χ0) is 12.7. The van der Waals surface area contributed by atoms with Crippen molar-refractivity contribution in [2.45, 2.75) is 0 Å². The van der Waals surface area contributed by atoms with E-state index in [0.29, 0.717) is 5.56 Å². The van der Waals surface area contributed by atoms with Gasteiger partial charge in [0, 0.05) is 27.4 Å². The largest absolute Gasteiger partial charge is 0.270 e. The van der Waals surface area contributed by atoms with Gasteiger partial charge < -0.3 is 0 Å². The Morgan fingerprint density at radius 3 is 2.83 bits per heavy atom. The highest BCUT2D eigenvalue weighted by atomic mass is 79.9. The lowest BCUT2D eigenvalue weighted by Crippen LogP contribution is -2.34. The van der Waals surface area contributed by atoms with Crippen molar-refractivity contribution in [3.63, 3.8) is 0 Å². The van der Waals surface area contributed by atoms with Gasteiger partial charge in [0.15, 0.2) is 0 Å². The summed E-state index contributed by atoms with van der Waals surface area (Å²) < 4.78 is 0.916. The molecular formula is C14H6BrN2O. The quantitative estimate of drug-likeness (QED) is 0.732. The lowest BCUT2D eigenvalue weighted by Gasteiger charge is -2.06. The van der Waals surface area contributed by atoms with Gasteiger partial charge in [0.05, 0.1) is 11.6 Å². The molecule has 0 fully saturated rings. The average molecular weight is 298 g/mol. The summed E-state index contributed by atoms with van der Waals surface area (Å²) in [5.41, 5.74) is 0.560. The lowest BCUT2D eigenvalue weighted by atomic mass is 10.0. The smallest absolute Gasteiger partial charge is 0.267 e. The number of hydrogen-bond acceptors (Lipinski definition) is 2. The van der Waals surface area contributed by atoms with E-state index in [1.54, 1.807) is 12.3 Å². The molecule has 1 aliphatic heterocycles. The summed E-state index contributed by atoms with van der Waals surface area (Å²) in [5, 5.41) is 16.4. The molecule has 0 bridgehead atoms. The second kappa shape index (κ2) is 3.97. The summed E-state index contributed by atoms with van der Waals surface area (Å²) in [5.74, 6) is -0.289. The van der Waals surface area contributed by atoms with E-state index >= 15 is 0 Å². The minimum absolute atomic E-state index is 0.289. The molecule has 0 saturated carbocycles. The molecule has 0 N–H and O–H groups in total. The van der Waals surface area contributed by atoms with E-state index in [-0.39, 0.29) is 5.91 Å². The van der Waals surface area contributed by atoms with Crippen LogP contribution in [0.4, 0.5) is 0 Å². The third-order valence-electron chi connectivity index (χ3n) is 2.89. The number of fused-ring (bicyclic) bond motifs is 3. The van der Waals surface area contributed by atoms with Crippen LogP contribution in [0.5, 0.6) is 0 Å². The number of carbonyl (C=O) groups is 1. The van der Waals surface area contributed by atoms with Gasteiger partial charge in [-0.25, -0.2) is 5.32 Å². The Bertz CT molecular complexity index is 847. The van der Waals surface area contributed by atoms with Gasteiger partial charge in [-0.2, -0.15) is 5.26 Å². The molecule has 0 aliphatic carbocycles. The normalized spacial score (nSPS) is 13.0. The fourth-order valence-corrected chi connectivity index (χ4v) is 2.46. The SMILES string of the molecule is N#Cc1cc2c(c3ccc(Br)cc13)=C[N]C(=O)C=2. The fourth-order valence-electron chi connectivity index (χ4n) is 2.10. The van der Waals surface area contributed by atoms with Crippen LogP contribution in [0.2, 0.25) is 0 Å². The highest BCUT2D eigenvalue weighted by Crippen LogP contribution is 2.19. The number of benzene rings is 2. The maximum atomic E-state index is 11.3. The van der Waals surface area contributed by atoms with Gasteiger partial charge in [-0.05, 0) is 28.8 Å². The van der Waals surface area contributed by atoms with Gasteiger partial charge in [0.25, 0.3) is 5.91 Å². The second-order valence-electron chi connectivity index (χ2n) is 3.97. The van der Waals surface area contributed by atoms with Crippen molar-refractivity contribution in [3.8, 4) is 6.07 Å². The monoisotopic (exact) mass is 297 g/mol. The summed E-state index contributed by atoms with van der Waals surface area (Å²) in [6, 6.07) is 9.63. The number of halogens is 1. The molecule has 3 nitrogen and oxygen atoms in total. The Morgan fingerprint density at radius 1 is 1.22 bits per heavy atom. The van der Waals surface area contributed by atoms with E-state index < -0.39 is 0 Å². The minimum atomic E-state index is -0.289. The standard InChI is InChI=1S/C14H6BrN2O/c15-10-1-2-11-12(5-10)9(6-16)3-8-4-14(18)17-7-13(8)11/h1-5,7H. The van der Waals surface area contributed by atoms with Gasteiger partial charge in [0.1, 0.15) is 0 Å². The topological polar surface area (TPSA) is 55.0 Å². The number of rotatable bonds is 0. The zero-order valence-corrected chi connectivity index (χ0v) is 10.7. The molecule has 1 radical (unpaired) electrons. The van der Waals surface area contributed by atoms with E-state index in [2.05, 4.69) is 27.3 Å². The van der Waals surface area contributed by atoms with Crippen LogP contribution in [0.3, 0.4) is 0 Å². The summed E-state index contributed by atoms with van der Waals surface area (Å²) in [7, 11) is 0. The number of nitrogens with zero attached hydrogens (tertiary/aromatic N) is 2. The first-order valence-corrected chi connectivity index (χ1v) is 6.07. The molecule has 1 aliphatic rings. The summed E-state index contributed by atoms with van der Waals surface area (Å²) in [4.78, 5) is 11.3. The molecule has 1 heterocycles. The second-order valence-corrected chi connectivity index (χ2v) is 4.89. The summed E-state index contributed by atoms with van der Waals surface area (Å²) in [6.45, 7) is 0. The van der Waals surface area contributed by atoms with Crippen molar-refractivity contribution in [2.24, 2.45) is 0 Å². The highest BCUT2D eigenvalue weighted by Gasteiger charge is 2.09. The van der Waals surface area contributed by atoms with Crippen LogP contribution < -0.4 is 15.8 Å². The van der Waals surface area contributed by atoms with Crippen molar-refractivity contribution >= 4 is 44.9 Å². The van der Waals surface area contributed by atoms with Crippen molar-refractivity contribution in [1.82, 2.24) is 5.32 Å². The van der Waals surface area contributed by atoms with E-state index in [4.69, 9.17) is 0 Å². The first-order chi connectivity index (χ1) is 8.69. The van der Waals surface area contributed by atoms with Gasteiger partial charge in [-0.1, -0.05) is 22.0 Å². The molecule has 4 heteroatoms. The molecular weight excluding hydrogens is 292 g/mol. The first-order valence-electron chi connectivity index (χ1n) is 5.28. The molecule has 0 aromatic heterocycles. The number of carbonyl (C=O) groups excluding carboxylic acids is 1. The third kappa shape index (κ3) is 1.60. The molecule has 18 heavy (non-hydrogen) atoms. The van der Waals surface area contributed by atoms with Crippen molar-refractivity contribution in [2.75, 3.05) is 0 Å². The van der Waals surface area contributed by atoms with Crippen LogP contribution in [0, 0.1) is 11.3 Å². The predicted octanol–water partition coefficient (Wildman–Crippen LogP) is 1.14. The van der Waals surface area contributed by atoms with Crippen LogP contribution in [0.15, 0.2) is 28.7 Å². The molecule has 2 aromatic rings. The Hall–Kier alpha value is -2.12. The Labute approximate surface area is 111 Å². The highest BCUT2D eigenvalue weighted by molar-refractivity contribution is 9.10. The van der Waals surface area contributed by atoms with Crippen LogP contribution in [0.1, 0.15) is 5.56 Å². The average Bonchev–Trinajstić information content (AvgIpc) is 2.37. The molecule has 85 valence electrons. The van der Waals surface area contributed by atoms with Crippen LogP contribution >= 0.6 is 15.9 Å². The Morgan fingerprint density at radius 2 is 2.06 bits per heavy atom. The summed E-state index contributed by atoms with van der Waals surface area (Å²) in [6.07, 6.45) is 3.02. The number of hydrogen-bond donors (Lipinski definition) is 0. The first kappa shape index (κ1) is 11.0. The van der Waals surface area contributed by atoms with Crippen LogP contribution in [-0.4, -0.2) is 5.91 Å².